The highest BCUT2D eigenvalue weighted by atomic mass is 32.1. The smallest absolute Gasteiger partial charge is 0.315 e. The Balaban J connectivity index is 1.79. The molecule has 1 saturated carbocycles. The Morgan fingerprint density at radius 3 is 2.95 bits per heavy atom. The number of aliphatic hydroxyl groups excluding tert-OH is 1. The van der Waals surface area contributed by atoms with Crippen LogP contribution < -0.4 is 10.6 Å². The number of hydrogen-bond donors (Lipinski definition) is 3. The summed E-state index contributed by atoms with van der Waals surface area (Å²) in [5.41, 5.74) is 0. The van der Waals surface area contributed by atoms with Gasteiger partial charge in [0.05, 0.1) is 0 Å². The van der Waals surface area contributed by atoms with Gasteiger partial charge in [0.15, 0.2) is 0 Å². The van der Waals surface area contributed by atoms with Crippen molar-refractivity contribution < 1.29 is 9.90 Å². The molecule has 0 aliphatic heterocycles. The van der Waals surface area contributed by atoms with Gasteiger partial charge in [0.1, 0.15) is 0 Å². The number of amides is 2. The van der Waals surface area contributed by atoms with Gasteiger partial charge in [-0.2, -0.15) is 0 Å². The van der Waals surface area contributed by atoms with Crippen LogP contribution >= 0.6 is 11.3 Å². The van der Waals surface area contributed by atoms with Gasteiger partial charge < -0.3 is 15.7 Å². The van der Waals surface area contributed by atoms with E-state index in [1.807, 2.05) is 13.0 Å². The Morgan fingerprint density at radius 1 is 1.43 bits per heavy atom. The minimum Gasteiger partial charge on any atom is -0.396 e. The van der Waals surface area contributed by atoms with E-state index in [1.54, 1.807) is 11.3 Å². The molecule has 118 valence electrons. The first-order chi connectivity index (χ1) is 10.2. The number of urea groups is 1. The van der Waals surface area contributed by atoms with Crippen molar-refractivity contribution in [3.8, 4) is 0 Å². The fraction of sp³-hybridized carbons (Fsp3) is 0.688. The van der Waals surface area contributed by atoms with Gasteiger partial charge in [-0.05, 0) is 31.2 Å². The van der Waals surface area contributed by atoms with Gasteiger partial charge in [0.2, 0.25) is 0 Å². The Morgan fingerprint density at radius 2 is 2.24 bits per heavy atom. The zero-order chi connectivity index (χ0) is 15.1. The van der Waals surface area contributed by atoms with Crippen LogP contribution in [0.1, 0.15) is 43.9 Å². The SMILES string of the molecule is CC(Cc1cccs1)NC(=O)NC1CCCCCC1CO. The molecule has 2 rings (SSSR count). The standard InChI is InChI=1S/C16H26N2O2S/c1-12(10-14-7-5-9-21-14)17-16(20)18-15-8-4-2-3-6-13(15)11-19/h5,7,9,12-13,15,19H,2-4,6,8,10-11H2,1H3,(H2,17,18,20). The maximum Gasteiger partial charge on any atom is 0.315 e. The molecule has 0 radical (unpaired) electrons. The molecule has 3 atom stereocenters. The van der Waals surface area contributed by atoms with Crippen LogP contribution in [0.3, 0.4) is 0 Å². The number of aliphatic hydroxyl groups is 1. The van der Waals surface area contributed by atoms with Gasteiger partial charge in [0.25, 0.3) is 0 Å². The minimum atomic E-state index is -0.107. The van der Waals surface area contributed by atoms with Crippen LogP contribution in [0.5, 0.6) is 0 Å². The minimum absolute atomic E-state index is 0.103. The van der Waals surface area contributed by atoms with Crippen molar-refractivity contribution in [2.24, 2.45) is 5.92 Å². The Bertz CT molecular complexity index is 422. The lowest BCUT2D eigenvalue weighted by molar-refractivity contribution is 0.178. The molecule has 1 aromatic rings. The van der Waals surface area contributed by atoms with Crippen LogP contribution in [0.25, 0.3) is 0 Å². The molecule has 1 fully saturated rings. The summed E-state index contributed by atoms with van der Waals surface area (Å²) in [5, 5.41) is 17.6. The molecule has 1 heterocycles. The second kappa shape index (κ2) is 8.39. The zero-order valence-electron chi connectivity index (χ0n) is 12.7. The number of carbonyl (C=O) groups excluding carboxylic acids is 1. The summed E-state index contributed by atoms with van der Waals surface area (Å²) in [7, 11) is 0. The van der Waals surface area contributed by atoms with Gasteiger partial charge in [-0.3, -0.25) is 0 Å². The third-order valence-corrected chi connectivity index (χ3v) is 5.07. The first-order valence-electron chi connectivity index (χ1n) is 7.89. The van der Waals surface area contributed by atoms with Crippen LogP contribution in [-0.4, -0.2) is 29.8 Å². The van der Waals surface area contributed by atoms with Crippen molar-refractivity contribution in [2.45, 2.75) is 57.5 Å². The number of thiophene rings is 1. The second-order valence-electron chi connectivity index (χ2n) is 5.99. The summed E-state index contributed by atoms with van der Waals surface area (Å²) in [6.07, 6.45) is 6.32. The third kappa shape index (κ3) is 5.32. The number of carbonyl (C=O) groups is 1. The average molecular weight is 310 g/mol. The predicted molar refractivity (Wildman–Crippen MR) is 86.6 cm³/mol. The zero-order valence-corrected chi connectivity index (χ0v) is 13.5. The fourth-order valence-electron chi connectivity index (χ4n) is 3.01. The molecule has 0 saturated heterocycles. The molecule has 2 amide bonds. The second-order valence-corrected chi connectivity index (χ2v) is 7.02. The number of rotatable bonds is 5. The van der Waals surface area contributed by atoms with Crippen molar-refractivity contribution in [3.63, 3.8) is 0 Å². The van der Waals surface area contributed by atoms with Crippen molar-refractivity contribution in [3.05, 3.63) is 22.4 Å². The molecule has 0 aromatic carbocycles. The van der Waals surface area contributed by atoms with Gasteiger partial charge in [-0.15, -0.1) is 11.3 Å². The quantitative estimate of drug-likeness (QED) is 0.732. The highest BCUT2D eigenvalue weighted by Gasteiger charge is 2.24. The van der Waals surface area contributed by atoms with Crippen molar-refractivity contribution in [1.82, 2.24) is 10.6 Å². The van der Waals surface area contributed by atoms with Crippen LogP contribution in [0.15, 0.2) is 17.5 Å². The van der Waals surface area contributed by atoms with Crippen molar-refractivity contribution in [2.75, 3.05) is 6.61 Å². The van der Waals surface area contributed by atoms with E-state index >= 15 is 0 Å². The van der Waals surface area contributed by atoms with E-state index in [0.29, 0.717) is 0 Å². The molecule has 3 unspecified atom stereocenters. The highest BCUT2D eigenvalue weighted by molar-refractivity contribution is 7.09. The first kappa shape index (κ1) is 16.3. The first-order valence-corrected chi connectivity index (χ1v) is 8.77. The summed E-state index contributed by atoms with van der Waals surface area (Å²) in [5.74, 6) is 0.200. The van der Waals surface area contributed by atoms with Crippen LogP contribution in [-0.2, 0) is 6.42 Å². The monoisotopic (exact) mass is 310 g/mol. The maximum atomic E-state index is 12.1. The Labute approximate surface area is 131 Å². The van der Waals surface area contributed by atoms with E-state index in [4.69, 9.17) is 0 Å². The lowest BCUT2D eigenvalue weighted by Gasteiger charge is -2.25. The normalized spacial score (nSPS) is 24.1. The summed E-state index contributed by atoms with van der Waals surface area (Å²) in [6, 6.07) is 4.23. The number of nitrogens with one attached hydrogen (secondary N) is 2. The molecule has 5 heteroatoms. The molecular formula is C16H26N2O2S. The Hall–Kier alpha value is -1.07. The summed E-state index contributed by atoms with van der Waals surface area (Å²) in [4.78, 5) is 13.4. The topological polar surface area (TPSA) is 61.4 Å². The van der Waals surface area contributed by atoms with E-state index in [9.17, 15) is 9.90 Å². The summed E-state index contributed by atoms with van der Waals surface area (Å²) in [6.45, 7) is 2.19. The molecule has 0 spiro atoms. The van der Waals surface area contributed by atoms with E-state index in [1.165, 1.54) is 11.3 Å². The van der Waals surface area contributed by atoms with Crippen LogP contribution in [0.2, 0.25) is 0 Å². The molecule has 21 heavy (non-hydrogen) atoms. The summed E-state index contributed by atoms with van der Waals surface area (Å²) < 4.78 is 0. The van der Waals surface area contributed by atoms with E-state index in [0.717, 1.165) is 32.1 Å². The largest absolute Gasteiger partial charge is 0.396 e. The van der Waals surface area contributed by atoms with Gasteiger partial charge >= 0.3 is 6.03 Å². The highest BCUT2D eigenvalue weighted by Crippen LogP contribution is 2.23. The lowest BCUT2D eigenvalue weighted by atomic mass is 9.96. The van der Waals surface area contributed by atoms with Crippen LogP contribution in [0, 0.1) is 5.92 Å². The lowest BCUT2D eigenvalue weighted by Crippen LogP contribution is -2.48. The third-order valence-electron chi connectivity index (χ3n) is 4.18. The molecule has 1 aromatic heterocycles. The van der Waals surface area contributed by atoms with Gasteiger partial charge in [-0.25, -0.2) is 4.79 Å². The molecule has 1 aliphatic carbocycles. The molecule has 1 aliphatic rings. The molecule has 0 bridgehead atoms. The Kier molecular flexibility index (Phi) is 6.51. The van der Waals surface area contributed by atoms with Gasteiger partial charge in [-0.1, -0.05) is 25.3 Å². The van der Waals surface area contributed by atoms with Crippen molar-refractivity contribution in [1.29, 1.82) is 0 Å². The van der Waals surface area contributed by atoms with E-state index < -0.39 is 0 Å². The molecule has 3 N–H and O–H groups in total. The van der Waals surface area contributed by atoms with E-state index in [-0.39, 0.29) is 30.6 Å². The predicted octanol–water partition coefficient (Wildman–Crippen LogP) is 2.92. The average Bonchev–Trinajstić information content (AvgIpc) is 2.84. The number of hydrogen-bond acceptors (Lipinski definition) is 3. The van der Waals surface area contributed by atoms with Crippen LogP contribution in [0.4, 0.5) is 4.79 Å². The maximum absolute atomic E-state index is 12.1. The van der Waals surface area contributed by atoms with Gasteiger partial charge in [0, 0.05) is 35.9 Å². The van der Waals surface area contributed by atoms with Crippen molar-refractivity contribution >= 4 is 17.4 Å². The molecular weight excluding hydrogens is 284 g/mol. The summed E-state index contributed by atoms with van der Waals surface area (Å²) >= 11 is 1.72. The molecule has 4 nitrogen and oxygen atoms in total. The van der Waals surface area contributed by atoms with E-state index in [2.05, 4.69) is 22.1 Å². The fourth-order valence-corrected chi connectivity index (χ4v) is 3.84.